The summed E-state index contributed by atoms with van der Waals surface area (Å²) in [5.74, 6) is 0.858. The van der Waals surface area contributed by atoms with Crippen molar-refractivity contribution >= 4 is 22.6 Å². The molecule has 1 aromatic carbocycles. The van der Waals surface area contributed by atoms with Gasteiger partial charge in [0, 0.05) is 23.6 Å². The van der Waals surface area contributed by atoms with Crippen LogP contribution in [-0.4, -0.2) is 34.4 Å². The van der Waals surface area contributed by atoms with Gasteiger partial charge in [0.15, 0.2) is 0 Å². The molecule has 0 spiro atoms. The molecule has 1 atom stereocenters. The number of nitriles is 1. The van der Waals surface area contributed by atoms with Crippen molar-refractivity contribution in [2.24, 2.45) is 0 Å². The zero-order valence-electron chi connectivity index (χ0n) is 15.7. The fourth-order valence-corrected chi connectivity index (χ4v) is 3.90. The van der Waals surface area contributed by atoms with Crippen molar-refractivity contribution < 1.29 is 14.3 Å². The molecule has 0 radical (unpaired) electrons. The molecular weight excluding hydrogens is 370 g/mol. The third-order valence-electron chi connectivity index (χ3n) is 5.52. The first-order chi connectivity index (χ1) is 14.1. The van der Waals surface area contributed by atoms with Crippen molar-refractivity contribution in [3.63, 3.8) is 0 Å². The highest BCUT2D eigenvalue weighted by atomic mass is 16.5. The number of nitrogens with zero attached hydrogens (tertiary/aromatic N) is 4. The summed E-state index contributed by atoms with van der Waals surface area (Å²) in [6.07, 6.45) is 1.57. The van der Waals surface area contributed by atoms with Gasteiger partial charge in [0.2, 0.25) is 0 Å². The number of hydrogen-bond acceptors (Lipinski definition) is 7. The average Bonchev–Trinajstić information content (AvgIpc) is 3.40. The Balaban J connectivity index is 1.49. The van der Waals surface area contributed by atoms with Crippen molar-refractivity contribution in [1.82, 2.24) is 14.9 Å². The van der Waals surface area contributed by atoms with Gasteiger partial charge in [-0.15, -0.1) is 0 Å². The summed E-state index contributed by atoms with van der Waals surface area (Å²) in [7, 11) is 1.73. The number of carbonyl (C=O) groups is 1. The van der Waals surface area contributed by atoms with Crippen LogP contribution in [-0.2, 0) is 18.0 Å². The van der Waals surface area contributed by atoms with Crippen LogP contribution in [0.5, 0.6) is 5.75 Å². The van der Waals surface area contributed by atoms with Crippen molar-refractivity contribution in [1.29, 1.82) is 5.26 Å². The van der Waals surface area contributed by atoms with Gasteiger partial charge in [-0.05, 0) is 23.8 Å². The first-order valence-electron chi connectivity index (χ1n) is 9.15. The van der Waals surface area contributed by atoms with Crippen molar-refractivity contribution in [3.05, 3.63) is 58.4 Å². The number of anilines is 1. The van der Waals surface area contributed by atoms with E-state index in [1.54, 1.807) is 36.3 Å². The normalized spacial score (nSPS) is 16.8. The van der Waals surface area contributed by atoms with Gasteiger partial charge in [0.25, 0.3) is 5.91 Å². The third kappa shape index (κ3) is 2.67. The summed E-state index contributed by atoms with van der Waals surface area (Å²) in [5.41, 5.74) is 10.2. The number of benzene rings is 1. The second-order valence-corrected chi connectivity index (χ2v) is 7.14. The highest BCUT2D eigenvalue weighted by Gasteiger charge is 2.32. The Bertz CT molecular complexity index is 1220. The lowest BCUT2D eigenvalue weighted by molar-refractivity contribution is 0.0703. The molecule has 2 N–H and O–H groups in total. The number of nitrogens with two attached hydrogens (primary N) is 1. The predicted molar refractivity (Wildman–Crippen MR) is 104 cm³/mol. The van der Waals surface area contributed by atoms with Crippen LogP contribution in [0, 0.1) is 11.3 Å². The molecule has 144 valence electrons. The summed E-state index contributed by atoms with van der Waals surface area (Å²) < 4.78 is 11.2. The molecule has 5 rings (SSSR count). The third-order valence-corrected chi connectivity index (χ3v) is 5.52. The molecule has 0 saturated heterocycles. The Morgan fingerprint density at radius 2 is 2.14 bits per heavy atom. The largest absolute Gasteiger partial charge is 0.491 e. The number of hydrogen-bond donors (Lipinski definition) is 1. The minimum atomic E-state index is -0.249. The van der Waals surface area contributed by atoms with Crippen LogP contribution in [0.25, 0.3) is 10.9 Å². The van der Waals surface area contributed by atoms with Crippen LogP contribution in [0.3, 0.4) is 0 Å². The number of nitrogen functional groups attached to an aromatic ring is 1. The van der Waals surface area contributed by atoms with Crippen LogP contribution < -0.4 is 10.5 Å². The average molecular weight is 387 g/mol. The monoisotopic (exact) mass is 387 g/mol. The Kier molecular flexibility index (Phi) is 3.86. The zero-order valence-corrected chi connectivity index (χ0v) is 15.7. The molecule has 0 fully saturated rings. The molecule has 29 heavy (non-hydrogen) atoms. The van der Waals surface area contributed by atoms with E-state index in [-0.39, 0.29) is 11.9 Å². The molecule has 8 heteroatoms. The number of fused-ring (bicyclic) bond motifs is 4. The first-order valence-corrected chi connectivity index (χ1v) is 9.15. The van der Waals surface area contributed by atoms with Crippen LogP contribution in [0.4, 0.5) is 5.82 Å². The first kappa shape index (κ1) is 17.4. The van der Waals surface area contributed by atoms with Gasteiger partial charge in [0.05, 0.1) is 42.6 Å². The number of pyridine rings is 2. The van der Waals surface area contributed by atoms with Crippen LogP contribution in [0.2, 0.25) is 0 Å². The fourth-order valence-electron chi connectivity index (χ4n) is 3.90. The molecule has 0 saturated carbocycles. The summed E-state index contributed by atoms with van der Waals surface area (Å²) in [6, 6.07) is 8.86. The van der Waals surface area contributed by atoms with E-state index < -0.39 is 0 Å². The lowest BCUT2D eigenvalue weighted by Crippen LogP contribution is -2.32. The second-order valence-electron chi connectivity index (χ2n) is 7.14. The van der Waals surface area contributed by atoms with Gasteiger partial charge in [-0.3, -0.25) is 4.79 Å². The van der Waals surface area contributed by atoms with Gasteiger partial charge in [-0.1, -0.05) is 6.07 Å². The van der Waals surface area contributed by atoms with Crippen LogP contribution >= 0.6 is 0 Å². The molecule has 2 aromatic heterocycles. The SMILES string of the molecule is CN(C(=O)c1cc2c3c(c(N)nc2cn1)COC3)[C@@H]1COc2cc(C#N)ccc21. The molecule has 2 aliphatic heterocycles. The van der Waals surface area contributed by atoms with E-state index in [2.05, 4.69) is 16.0 Å². The number of amides is 1. The van der Waals surface area contributed by atoms with E-state index in [1.165, 1.54) is 0 Å². The maximum absolute atomic E-state index is 13.2. The van der Waals surface area contributed by atoms with Gasteiger partial charge in [0.1, 0.15) is 23.9 Å². The predicted octanol–water partition coefficient (Wildman–Crippen LogP) is 2.32. The Morgan fingerprint density at radius 3 is 2.97 bits per heavy atom. The lowest BCUT2D eigenvalue weighted by atomic mass is 10.0. The highest BCUT2D eigenvalue weighted by molar-refractivity contribution is 5.97. The van der Waals surface area contributed by atoms with E-state index in [0.29, 0.717) is 48.2 Å². The highest BCUT2D eigenvalue weighted by Crippen LogP contribution is 2.37. The second kappa shape index (κ2) is 6.43. The quantitative estimate of drug-likeness (QED) is 0.717. The number of rotatable bonds is 2. The minimum Gasteiger partial charge on any atom is -0.491 e. The Labute approximate surface area is 166 Å². The van der Waals surface area contributed by atoms with Crippen molar-refractivity contribution in [2.45, 2.75) is 19.3 Å². The molecule has 1 amide bonds. The van der Waals surface area contributed by atoms with Gasteiger partial charge < -0.3 is 20.1 Å². The Morgan fingerprint density at radius 1 is 1.31 bits per heavy atom. The van der Waals surface area contributed by atoms with Gasteiger partial charge in [-0.25, -0.2) is 9.97 Å². The number of aromatic nitrogens is 2. The fraction of sp³-hybridized carbons (Fsp3) is 0.238. The Hall–Kier alpha value is -3.70. The van der Waals surface area contributed by atoms with Gasteiger partial charge in [-0.2, -0.15) is 5.26 Å². The summed E-state index contributed by atoms with van der Waals surface area (Å²) >= 11 is 0. The van der Waals surface area contributed by atoms with E-state index >= 15 is 0 Å². The summed E-state index contributed by atoms with van der Waals surface area (Å²) in [6.45, 7) is 1.20. The molecule has 0 bridgehead atoms. The molecule has 3 aromatic rings. The maximum atomic E-state index is 13.2. The van der Waals surface area contributed by atoms with Gasteiger partial charge >= 0.3 is 0 Å². The number of carbonyl (C=O) groups excluding carboxylic acids is 1. The smallest absolute Gasteiger partial charge is 0.272 e. The minimum absolute atomic E-state index is 0.220. The summed E-state index contributed by atoms with van der Waals surface area (Å²) in [4.78, 5) is 23.5. The van der Waals surface area contributed by atoms with Crippen LogP contribution in [0.1, 0.15) is 38.8 Å². The zero-order chi connectivity index (χ0) is 20.1. The molecule has 8 nitrogen and oxygen atoms in total. The molecule has 2 aliphatic rings. The van der Waals surface area contributed by atoms with E-state index in [9.17, 15) is 4.79 Å². The number of ether oxygens (including phenoxy) is 2. The molecular formula is C21H17N5O3. The van der Waals surface area contributed by atoms with E-state index in [4.69, 9.17) is 20.5 Å². The molecule has 4 heterocycles. The molecule has 0 aliphatic carbocycles. The van der Waals surface area contributed by atoms with E-state index in [0.717, 1.165) is 22.1 Å². The van der Waals surface area contributed by atoms with Crippen LogP contribution in [0.15, 0.2) is 30.5 Å². The summed E-state index contributed by atoms with van der Waals surface area (Å²) in [5, 5.41) is 9.88. The van der Waals surface area contributed by atoms with Crippen molar-refractivity contribution in [3.8, 4) is 11.8 Å². The van der Waals surface area contributed by atoms with E-state index in [1.807, 2.05) is 6.07 Å². The number of likely N-dealkylation sites (N-methyl/N-ethyl adjacent to an activating group) is 1. The standard InChI is InChI=1S/C21H17N5O3/c1-26(18-10-29-19-4-11(6-22)2-3-12(18)19)21(27)16-5-13-14-8-28-9-15(14)20(23)25-17(13)7-24-16/h2-5,7,18H,8-10H2,1H3,(H2,23,25)/t18-/m1/s1. The lowest BCUT2D eigenvalue weighted by Gasteiger charge is -2.23. The maximum Gasteiger partial charge on any atom is 0.272 e. The molecule has 0 unspecified atom stereocenters. The topological polar surface area (TPSA) is 114 Å². The van der Waals surface area contributed by atoms with Crippen molar-refractivity contribution in [2.75, 3.05) is 19.4 Å².